The minimum atomic E-state index is 0.253. The molecule has 1 aromatic carbocycles. The van der Waals surface area contributed by atoms with Gasteiger partial charge in [0.15, 0.2) is 0 Å². The monoisotopic (exact) mass is 264 g/mol. The van der Waals surface area contributed by atoms with E-state index in [9.17, 15) is 4.79 Å². The van der Waals surface area contributed by atoms with E-state index in [0.717, 1.165) is 17.0 Å². The zero-order valence-corrected chi connectivity index (χ0v) is 11.6. The minimum Gasteiger partial charge on any atom is -0.339 e. The van der Waals surface area contributed by atoms with Crippen LogP contribution in [0.5, 0.6) is 0 Å². The molecule has 1 fully saturated rings. The predicted molar refractivity (Wildman–Crippen MR) is 75.5 cm³/mol. The number of thioether (sulfide) groups is 1. The smallest absolute Gasteiger partial charge is 0.233 e. The van der Waals surface area contributed by atoms with Crippen molar-refractivity contribution in [3.05, 3.63) is 29.8 Å². The molecule has 18 heavy (non-hydrogen) atoms. The average Bonchev–Trinajstić information content (AvgIpc) is 3.22. The highest BCUT2D eigenvalue weighted by molar-refractivity contribution is 8.00. The fourth-order valence-corrected chi connectivity index (χ4v) is 2.88. The van der Waals surface area contributed by atoms with Gasteiger partial charge in [0, 0.05) is 24.0 Å². The van der Waals surface area contributed by atoms with Crippen LogP contribution in [-0.2, 0) is 11.3 Å². The van der Waals surface area contributed by atoms with Crippen molar-refractivity contribution in [1.82, 2.24) is 4.90 Å². The number of hydrogen-bond donors (Lipinski definition) is 1. The molecule has 0 spiro atoms. The van der Waals surface area contributed by atoms with Gasteiger partial charge in [-0.2, -0.15) is 0 Å². The first-order valence-corrected chi connectivity index (χ1v) is 7.44. The normalized spacial score (nSPS) is 14.6. The fraction of sp³-hybridized carbons (Fsp3) is 0.500. The Labute approximate surface area is 113 Å². The van der Waals surface area contributed by atoms with Gasteiger partial charge >= 0.3 is 0 Å². The molecule has 1 amide bonds. The summed E-state index contributed by atoms with van der Waals surface area (Å²) in [5.41, 5.74) is 6.72. The minimum absolute atomic E-state index is 0.253. The largest absolute Gasteiger partial charge is 0.339 e. The SMILES string of the molecule is CCN(C(=O)CSc1cccc(CN)c1)C1CC1. The molecule has 0 saturated heterocycles. The molecule has 0 aromatic heterocycles. The van der Waals surface area contributed by atoms with E-state index < -0.39 is 0 Å². The van der Waals surface area contributed by atoms with Gasteiger partial charge < -0.3 is 10.6 Å². The molecule has 2 N–H and O–H groups in total. The number of amides is 1. The van der Waals surface area contributed by atoms with Gasteiger partial charge in [0.05, 0.1) is 5.75 Å². The van der Waals surface area contributed by atoms with Crippen LogP contribution in [0.25, 0.3) is 0 Å². The summed E-state index contributed by atoms with van der Waals surface area (Å²) in [6.45, 7) is 3.42. The first-order chi connectivity index (χ1) is 8.74. The van der Waals surface area contributed by atoms with Crippen molar-refractivity contribution >= 4 is 17.7 Å². The molecule has 3 nitrogen and oxygen atoms in total. The molecule has 0 heterocycles. The van der Waals surface area contributed by atoms with Gasteiger partial charge in [-0.05, 0) is 37.5 Å². The van der Waals surface area contributed by atoms with Crippen LogP contribution in [0, 0.1) is 0 Å². The van der Waals surface area contributed by atoms with Crippen LogP contribution in [-0.4, -0.2) is 29.1 Å². The Morgan fingerprint density at radius 3 is 2.89 bits per heavy atom. The standard InChI is InChI=1S/C14H20N2OS/c1-2-16(12-6-7-12)14(17)10-18-13-5-3-4-11(8-13)9-15/h3-5,8,12H,2,6-7,9-10,15H2,1H3. The van der Waals surface area contributed by atoms with Gasteiger partial charge in [0.2, 0.25) is 5.91 Å². The van der Waals surface area contributed by atoms with Crippen molar-refractivity contribution in [2.75, 3.05) is 12.3 Å². The van der Waals surface area contributed by atoms with E-state index >= 15 is 0 Å². The van der Waals surface area contributed by atoms with E-state index in [-0.39, 0.29) is 5.91 Å². The van der Waals surface area contributed by atoms with Crippen molar-refractivity contribution in [1.29, 1.82) is 0 Å². The van der Waals surface area contributed by atoms with Crippen molar-refractivity contribution in [3.63, 3.8) is 0 Å². The molecular weight excluding hydrogens is 244 g/mol. The number of nitrogens with zero attached hydrogens (tertiary/aromatic N) is 1. The summed E-state index contributed by atoms with van der Waals surface area (Å²) in [5, 5.41) is 0. The second kappa shape index (κ2) is 6.25. The molecule has 0 radical (unpaired) electrons. The highest BCUT2D eigenvalue weighted by Gasteiger charge is 2.30. The number of nitrogens with two attached hydrogens (primary N) is 1. The average molecular weight is 264 g/mol. The van der Waals surface area contributed by atoms with Crippen LogP contribution in [0.3, 0.4) is 0 Å². The molecule has 4 heteroatoms. The summed E-state index contributed by atoms with van der Waals surface area (Å²) in [6, 6.07) is 8.61. The highest BCUT2D eigenvalue weighted by atomic mass is 32.2. The van der Waals surface area contributed by atoms with Gasteiger partial charge in [-0.3, -0.25) is 4.79 Å². The lowest BCUT2D eigenvalue weighted by Gasteiger charge is -2.20. The third-order valence-electron chi connectivity index (χ3n) is 3.15. The third-order valence-corrected chi connectivity index (χ3v) is 4.12. The van der Waals surface area contributed by atoms with Crippen LogP contribution >= 0.6 is 11.8 Å². The Morgan fingerprint density at radius 2 is 2.28 bits per heavy atom. The van der Waals surface area contributed by atoms with Crippen LogP contribution in [0.4, 0.5) is 0 Å². The Balaban J connectivity index is 1.87. The summed E-state index contributed by atoms with van der Waals surface area (Å²) < 4.78 is 0. The molecule has 1 aliphatic carbocycles. The maximum absolute atomic E-state index is 12.1. The Kier molecular flexibility index (Phi) is 4.66. The molecule has 0 unspecified atom stereocenters. The van der Waals surface area contributed by atoms with E-state index in [4.69, 9.17) is 5.73 Å². The van der Waals surface area contributed by atoms with Crippen molar-refractivity contribution in [3.8, 4) is 0 Å². The second-order valence-electron chi connectivity index (χ2n) is 4.55. The van der Waals surface area contributed by atoms with Crippen molar-refractivity contribution in [2.24, 2.45) is 5.73 Å². The Hall–Kier alpha value is -1.00. The lowest BCUT2D eigenvalue weighted by atomic mass is 10.2. The van der Waals surface area contributed by atoms with Crippen molar-refractivity contribution in [2.45, 2.75) is 37.2 Å². The van der Waals surface area contributed by atoms with Gasteiger partial charge in [-0.15, -0.1) is 11.8 Å². The van der Waals surface area contributed by atoms with Crippen LogP contribution in [0.15, 0.2) is 29.2 Å². The fourth-order valence-electron chi connectivity index (χ4n) is 2.01. The lowest BCUT2D eigenvalue weighted by molar-refractivity contribution is -0.128. The molecule has 0 bridgehead atoms. The topological polar surface area (TPSA) is 46.3 Å². The molecule has 98 valence electrons. The van der Waals surface area contributed by atoms with Gasteiger partial charge in [0.25, 0.3) is 0 Å². The van der Waals surface area contributed by atoms with Gasteiger partial charge in [-0.25, -0.2) is 0 Å². The molecule has 1 aliphatic rings. The number of carbonyl (C=O) groups excluding carboxylic acids is 1. The summed E-state index contributed by atoms with van der Waals surface area (Å²) in [4.78, 5) is 15.2. The Bertz CT molecular complexity index is 418. The molecule has 0 aliphatic heterocycles. The third kappa shape index (κ3) is 3.50. The summed E-state index contributed by atoms with van der Waals surface area (Å²) in [5.74, 6) is 0.779. The zero-order chi connectivity index (χ0) is 13.0. The summed E-state index contributed by atoms with van der Waals surface area (Å²) >= 11 is 1.60. The van der Waals surface area contributed by atoms with E-state index in [0.29, 0.717) is 18.3 Å². The van der Waals surface area contributed by atoms with Crippen LogP contribution < -0.4 is 5.73 Å². The van der Waals surface area contributed by atoms with Crippen molar-refractivity contribution < 1.29 is 4.79 Å². The maximum Gasteiger partial charge on any atom is 0.233 e. The summed E-state index contributed by atoms with van der Waals surface area (Å²) in [7, 11) is 0. The lowest BCUT2D eigenvalue weighted by Crippen LogP contribution is -2.34. The van der Waals surface area contributed by atoms with Crippen LogP contribution in [0.2, 0.25) is 0 Å². The predicted octanol–water partition coefficient (Wildman–Crippen LogP) is 2.25. The maximum atomic E-state index is 12.1. The van der Waals surface area contributed by atoms with E-state index in [1.54, 1.807) is 11.8 Å². The molecular formula is C14H20N2OS. The molecule has 1 saturated carbocycles. The first-order valence-electron chi connectivity index (χ1n) is 6.46. The zero-order valence-electron chi connectivity index (χ0n) is 10.8. The number of benzene rings is 1. The molecule has 1 aromatic rings. The molecule has 2 rings (SSSR count). The van der Waals surface area contributed by atoms with E-state index in [1.165, 1.54) is 12.8 Å². The van der Waals surface area contributed by atoms with E-state index in [1.807, 2.05) is 23.1 Å². The Morgan fingerprint density at radius 1 is 1.50 bits per heavy atom. The van der Waals surface area contributed by atoms with Crippen LogP contribution in [0.1, 0.15) is 25.3 Å². The number of hydrogen-bond acceptors (Lipinski definition) is 3. The quantitative estimate of drug-likeness (QED) is 0.802. The molecule has 0 atom stereocenters. The van der Waals surface area contributed by atoms with E-state index in [2.05, 4.69) is 13.0 Å². The number of carbonyl (C=O) groups is 1. The first kappa shape index (κ1) is 13.4. The van der Waals surface area contributed by atoms with Gasteiger partial charge in [0.1, 0.15) is 0 Å². The number of rotatable bonds is 6. The summed E-state index contributed by atoms with van der Waals surface area (Å²) in [6.07, 6.45) is 2.35. The highest BCUT2D eigenvalue weighted by Crippen LogP contribution is 2.28. The van der Waals surface area contributed by atoms with Gasteiger partial charge in [-0.1, -0.05) is 12.1 Å². The second-order valence-corrected chi connectivity index (χ2v) is 5.60.